The van der Waals surface area contributed by atoms with Crippen molar-refractivity contribution in [3.8, 4) is 34.0 Å². The van der Waals surface area contributed by atoms with Crippen LogP contribution in [-0.4, -0.2) is 24.1 Å². The van der Waals surface area contributed by atoms with Crippen LogP contribution in [0.4, 0.5) is 0 Å². The minimum absolute atomic E-state index is 0.641. The monoisotopic (exact) mass is 719 g/mol. The Hall–Kier alpha value is -7.15. The Bertz CT molecular complexity index is 3470. The number of aromatic nitrogens is 5. The second-order valence-electron chi connectivity index (χ2n) is 14.0. The fraction of sp³-hybridized carbons (Fsp3) is 0. The van der Waals surface area contributed by atoms with Crippen LogP contribution in [0, 0.1) is 0 Å². The normalized spacial score (nSPS) is 12.0. The third kappa shape index (κ3) is 4.37. The average Bonchev–Trinajstić information content (AvgIpc) is 3.92. The standard InChI is InChI=1S/C49H29N5S/c1-3-14-30(15-4-1)31-25-27-32(28-26-31)44-34-18-7-10-22-38(34)51-49(52-44)54-40-24-12-8-19-35(40)41-42-37-21-13-29-50-48(37)55-47(42)46-43(45(41)54)36-20-9-11-23-39(36)53(46)33-16-5-2-6-17-33/h1-29H. The van der Waals surface area contributed by atoms with Gasteiger partial charge in [-0.1, -0.05) is 127 Å². The van der Waals surface area contributed by atoms with Gasteiger partial charge in [0.15, 0.2) is 0 Å². The van der Waals surface area contributed by atoms with Gasteiger partial charge in [0, 0.05) is 55.2 Å². The molecule has 256 valence electrons. The van der Waals surface area contributed by atoms with Crippen molar-refractivity contribution in [2.45, 2.75) is 0 Å². The minimum Gasteiger partial charge on any atom is -0.308 e. The molecule has 0 spiro atoms. The van der Waals surface area contributed by atoms with Gasteiger partial charge in [-0.05, 0) is 53.6 Å². The molecule has 12 aromatic rings. The lowest BCUT2D eigenvalue weighted by atomic mass is 10.0. The first-order valence-corrected chi connectivity index (χ1v) is 19.3. The van der Waals surface area contributed by atoms with E-state index in [0.29, 0.717) is 5.95 Å². The van der Waals surface area contributed by atoms with E-state index in [1.807, 2.05) is 6.20 Å². The Morgan fingerprint density at radius 3 is 1.80 bits per heavy atom. The zero-order valence-corrected chi connectivity index (χ0v) is 30.2. The molecule has 0 aliphatic rings. The van der Waals surface area contributed by atoms with Gasteiger partial charge in [-0.2, -0.15) is 0 Å². The molecule has 0 amide bonds. The van der Waals surface area contributed by atoms with Crippen molar-refractivity contribution in [3.05, 3.63) is 176 Å². The molecule has 0 bridgehead atoms. The van der Waals surface area contributed by atoms with Gasteiger partial charge in [0.2, 0.25) is 5.95 Å². The van der Waals surface area contributed by atoms with E-state index in [4.69, 9.17) is 15.0 Å². The molecule has 5 aromatic heterocycles. The van der Waals surface area contributed by atoms with Crippen LogP contribution >= 0.6 is 11.3 Å². The van der Waals surface area contributed by atoms with Crippen LogP contribution in [0.5, 0.6) is 0 Å². The Morgan fingerprint density at radius 1 is 0.418 bits per heavy atom. The lowest BCUT2D eigenvalue weighted by molar-refractivity contribution is 1.02. The Balaban J connectivity index is 1.27. The number of rotatable bonds is 4. The van der Waals surface area contributed by atoms with Crippen molar-refractivity contribution < 1.29 is 0 Å². The predicted octanol–water partition coefficient (Wildman–Crippen LogP) is 12.9. The first kappa shape index (κ1) is 30.3. The molecule has 7 aromatic carbocycles. The molecular weight excluding hydrogens is 691 g/mol. The smallest absolute Gasteiger partial charge is 0.235 e. The number of hydrogen-bond acceptors (Lipinski definition) is 4. The summed E-state index contributed by atoms with van der Waals surface area (Å²) in [5.74, 6) is 0.641. The number of nitrogens with zero attached hydrogens (tertiary/aromatic N) is 5. The van der Waals surface area contributed by atoms with Crippen LogP contribution in [0.1, 0.15) is 0 Å². The highest BCUT2D eigenvalue weighted by molar-refractivity contribution is 7.26. The molecule has 0 radical (unpaired) electrons. The molecule has 6 heteroatoms. The molecule has 0 aliphatic heterocycles. The van der Waals surface area contributed by atoms with Crippen LogP contribution in [-0.2, 0) is 0 Å². The maximum absolute atomic E-state index is 5.53. The fourth-order valence-electron chi connectivity index (χ4n) is 8.66. The summed E-state index contributed by atoms with van der Waals surface area (Å²) >= 11 is 1.77. The van der Waals surface area contributed by atoms with Crippen LogP contribution in [0.3, 0.4) is 0 Å². The number of thiophene rings is 1. The number of pyridine rings is 1. The maximum atomic E-state index is 5.53. The number of para-hydroxylation sites is 4. The Morgan fingerprint density at radius 2 is 1.02 bits per heavy atom. The lowest BCUT2D eigenvalue weighted by Gasteiger charge is -2.13. The molecule has 0 saturated carbocycles. The van der Waals surface area contributed by atoms with Crippen molar-refractivity contribution in [3.63, 3.8) is 0 Å². The SMILES string of the molecule is c1ccc(-c2ccc(-c3nc(-n4c5ccccc5c5c6c7cccnc7sc6c6c(c7ccccc7n6-c6ccccc6)c54)nc4ccccc34)cc2)cc1. The molecule has 0 unspecified atom stereocenters. The third-order valence-corrected chi connectivity index (χ3v) is 12.1. The number of benzene rings is 7. The van der Waals surface area contributed by atoms with Gasteiger partial charge in [-0.3, -0.25) is 4.57 Å². The summed E-state index contributed by atoms with van der Waals surface area (Å²) < 4.78 is 5.98. The van der Waals surface area contributed by atoms with E-state index in [1.54, 1.807) is 11.3 Å². The summed E-state index contributed by atoms with van der Waals surface area (Å²) in [6.45, 7) is 0. The summed E-state index contributed by atoms with van der Waals surface area (Å²) in [6.07, 6.45) is 1.90. The molecule has 0 aliphatic carbocycles. The zero-order valence-electron chi connectivity index (χ0n) is 29.4. The first-order valence-electron chi connectivity index (χ1n) is 18.5. The quantitative estimate of drug-likeness (QED) is 0.182. The maximum Gasteiger partial charge on any atom is 0.235 e. The highest BCUT2D eigenvalue weighted by Crippen LogP contribution is 2.50. The van der Waals surface area contributed by atoms with Gasteiger partial charge in [-0.15, -0.1) is 11.3 Å². The molecule has 5 nitrogen and oxygen atoms in total. The van der Waals surface area contributed by atoms with E-state index in [1.165, 1.54) is 42.9 Å². The second-order valence-corrected chi connectivity index (χ2v) is 15.0. The fourth-order valence-corrected chi connectivity index (χ4v) is 9.85. The number of hydrogen-bond donors (Lipinski definition) is 0. The molecule has 55 heavy (non-hydrogen) atoms. The topological polar surface area (TPSA) is 48.5 Å². The lowest BCUT2D eigenvalue weighted by Crippen LogP contribution is -2.04. The van der Waals surface area contributed by atoms with Crippen molar-refractivity contribution in [1.82, 2.24) is 24.1 Å². The van der Waals surface area contributed by atoms with Crippen molar-refractivity contribution in [2.75, 3.05) is 0 Å². The van der Waals surface area contributed by atoms with Crippen LogP contribution in [0.25, 0.3) is 109 Å². The molecular formula is C49H29N5S. The summed E-state index contributed by atoms with van der Waals surface area (Å²) in [6, 6.07) is 60.1. The van der Waals surface area contributed by atoms with Crippen LogP contribution < -0.4 is 0 Å². The van der Waals surface area contributed by atoms with Crippen molar-refractivity contribution >= 4 is 86.2 Å². The van der Waals surface area contributed by atoms with Gasteiger partial charge in [0.25, 0.3) is 0 Å². The summed E-state index contributed by atoms with van der Waals surface area (Å²) in [5.41, 5.74) is 10.8. The van der Waals surface area contributed by atoms with E-state index in [-0.39, 0.29) is 0 Å². The van der Waals surface area contributed by atoms with Gasteiger partial charge in [0.1, 0.15) is 4.83 Å². The zero-order chi connectivity index (χ0) is 36.0. The van der Waals surface area contributed by atoms with Gasteiger partial charge >= 0.3 is 0 Å². The van der Waals surface area contributed by atoms with E-state index in [9.17, 15) is 0 Å². The van der Waals surface area contributed by atoms with Gasteiger partial charge in [-0.25, -0.2) is 15.0 Å². The largest absolute Gasteiger partial charge is 0.308 e. The van der Waals surface area contributed by atoms with Crippen molar-refractivity contribution in [2.24, 2.45) is 0 Å². The van der Waals surface area contributed by atoms with E-state index in [0.717, 1.165) is 60.0 Å². The summed E-state index contributed by atoms with van der Waals surface area (Å²) in [5, 5.41) is 8.09. The van der Waals surface area contributed by atoms with Gasteiger partial charge in [0.05, 0.1) is 38.0 Å². The third-order valence-electron chi connectivity index (χ3n) is 11.0. The summed E-state index contributed by atoms with van der Waals surface area (Å²) in [7, 11) is 0. The van der Waals surface area contributed by atoms with E-state index >= 15 is 0 Å². The molecule has 0 N–H and O–H groups in total. The molecule has 0 atom stereocenters. The highest BCUT2D eigenvalue weighted by atomic mass is 32.1. The van der Waals surface area contributed by atoms with Crippen molar-refractivity contribution in [1.29, 1.82) is 0 Å². The molecule has 0 saturated heterocycles. The molecule has 0 fully saturated rings. The first-order chi connectivity index (χ1) is 27.3. The van der Waals surface area contributed by atoms with E-state index < -0.39 is 0 Å². The average molecular weight is 720 g/mol. The molecule has 12 rings (SSSR count). The highest BCUT2D eigenvalue weighted by Gasteiger charge is 2.28. The Kier molecular flexibility index (Phi) is 6.44. The van der Waals surface area contributed by atoms with E-state index in [2.05, 4.69) is 179 Å². The number of fused-ring (bicyclic) bond motifs is 13. The van der Waals surface area contributed by atoms with Crippen LogP contribution in [0.15, 0.2) is 176 Å². The van der Waals surface area contributed by atoms with Gasteiger partial charge < -0.3 is 4.57 Å². The second kappa shape index (κ2) is 11.7. The minimum atomic E-state index is 0.641. The molecule has 5 heterocycles. The Labute approximate surface area is 319 Å². The predicted molar refractivity (Wildman–Crippen MR) is 230 cm³/mol. The van der Waals surface area contributed by atoms with Crippen LogP contribution in [0.2, 0.25) is 0 Å². The summed E-state index contributed by atoms with van der Waals surface area (Å²) in [4.78, 5) is 16.9.